The number of hydrogen-bond acceptors (Lipinski definition) is 8. The standard InChI is InChI=1S/C16H16FN5O4/c1-24-15-5-12(4-14(17)21-15)22(13-9-25-3-2-10(13)6-18)26-16(23)11-7-19-20-8-11/h4-5,7-8,10,13H,2-3,9H2,1H3,(H,19,20)/t10-,13+/m1/s1. The van der Waals surface area contributed by atoms with Crippen molar-refractivity contribution in [1.82, 2.24) is 15.2 Å². The lowest BCUT2D eigenvalue weighted by Crippen LogP contribution is -2.47. The number of aromatic amines is 1. The summed E-state index contributed by atoms with van der Waals surface area (Å²) in [5.74, 6) is -1.98. The fourth-order valence-electron chi connectivity index (χ4n) is 2.61. The number of pyridine rings is 1. The molecule has 26 heavy (non-hydrogen) atoms. The van der Waals surface area contributed by atoms with Crippen LogP contribution in [0.5, 0.6) is 5.88 Å². The van der Waals surface area contributed by atoms with Crippen LogP contribution >= 0.6 is 0 Å². The second kappa shape index (κ2) is 7.79. The molecule has 9 nitrogen and oxygen atoms in total. The third-order valence-electron chi connectivity index (χ3n) is 3.93. The third kappa shape index (κ3) is 3.73. The highest BCUT2D eigenvalue weighted by Crippen LogP contribution is 2.29. The number of H-pyrrole nitrogens is 1. The molecule has 0 bridgehead atoms. The molecule has 0 saturated carbocycles. The Morgan fingerprint density at radius 1 is 1.54 bits per heavy atom. The van der Waals surface area contributed by atoms with E-state index in [2.05, 4.69) is 21.3 Å². The predicted octanol–water partition coefficient (Wildman–Crippen LogP) is 1.46. The Bertz CT molecular complexity index is 807. The second-order valence-electron chi connectivity index (χ2n) is 5.55. The highest BCUT2D eigenvalue weighted by Gasteiger charge is 2.35. The van der Waals surface area contributed by atoms with Gasteiger partial charge in [-0.25, -0.2) is 4.79 Å². The van der Waals surface area contributed by atoms with E-state index in [9.17, 15) is 14.4 Å². The van der Waals surface area contributed by atoms with Gasteiger partial charge in [0.25, 0.3) is 0 Å². The second-order valence-corrected chi connectivity index (χ2v) is 5.55. The van der Waals surface area contributed by atoms with E-state index in [4.69, 9.17) is 14.3 Å². The summed E-state index contributed by atoms with van der Waals surface area (Å²) in [5, 5.41) is 16.8. The summed E-state index contributed by atoms with van der Waals surface area (Å²) >= 11 is 0. The number of hydroxylamine groups is 1. The number of ether oxygens (including phenoxy) is 2. The van der Waals surface area contributed by atoms with Crippen LogP contribution in [0.25, 0.3) is 0 Å². The van der Waals surface area contributed by atoms with Crippen molar-refractivity contribution in [2.45, 2.75) is 12.5 Å². The van der Waals surface area contributed by atoms with E-state index in [1.165, 1.54) is 30.6 Å². The smallest absolute Gasteiger partial charge is 0.366 e. The average Bonchev–Trinajstić information content (AvgIpc) is 3.20. The number of halogens is 1. The van der Waals surface area contributed by atoms with Crippen LogP contribution in [-0.4, -0.2) is 47.5 Å². The number of carbonyl (C=O) groups excluding carboxylic acids is 1. The molecule has 0 amide bonds. The Balaban J connectivity index is 1.97. The van der Waals surface area contributed by atoms with Gasteiger partial charge in [-0.05, 0) is 6.42 Å². The maximum absolute atomic E-state index is 13.9. The third-order valence-corrected chi connectivity index (χ3v) is 3.93. The quantitative estimate of drug-likeness (QED) is 0.629. The summed E-state index contributed by atoms with van der Waals surface area (Å²) in [6.45, 7) is 0.565. The zero-order chi connectivity index (χ0) is 18.5. The molecule has 0 radical (unpaired) electrons. The number of rotatable bonds is 5. The van der Waals surface area contributed by atoms with Gasteiger partial charge in [0.2, 0.25) is 11.8 Å². The topological polar surface area (TPSA) is 113 Å². The summed E-state index contributed by atoms with van der Waals surface area (Å²) in [4.78, 5) is 21.4. The molecule has 1 aliphatic rings. The van der Waals surface area contributed by atoms with E-state index in [1.807, 2.05) is 0 Å². The molecular weight excluding hydrogens is 345 g/mol. The first-order valence-corrected chi connectivity index (χ1v) is 7.81. The van der Waals surface area contributed by atoms with Crippen molar-refractivity contribution in [2.24, 2.45) is 5.92 Å². The maximum atomic E-state index is 13.9. The van der Waals surface area contributed by atoms with Gasteiger partial charge in [0.15, 0.2) is 0 Å². The molecule has 10 heteroatoms. The van der Waals surface area contributed by atoms with Gasteiger partial charge >= 0.3 is 5.97 Å². The number of methoxy groups -OCH3 is 1. The summed E-state index contributed by atoms with van der Waals surface area (Å²) in [6, 6.07) is 4.07. The first-order chi connectivity index (χ1) is 12.6. The van der Waals surface area contributed by atoms with Crippen LogP contribution in [-0.2, 0) is 9.57 Å². The fraction of sp³-hybridized carbons (Fsp3) is 0.375. The maximum Gasteiger partial charge on any atom is 0.366 e. The molecule has 1 saturated heterocycles. The van der Waals surface area contributed by atoms with Crippen molar-refractivity contribution in [1.29, 1.82) is 5.26 Å². The zero-order valence-electron chi connectivity index (χ0n) is 13.9. The molecule has 0 aromatic carbocycles. The van der Waals surface area contributed by atoms with Crippen molar-refractivity contribution < 1.29 is 23.5 Å². The van der Waals surface area contributed by atoms with Gasteiger partial charge in [-0.1, -0.05) is 0 Å². The number of anilines is 1. The van der Waals surface area contributed by atoms with Gasteiger partial charge in [0.1, 0.15) is 6.04 Å². The number of carbonyl (C=O) groups is 1. The average molecular weight is 361 g/mol. The van der Waals surface area contributed by atoms with E-state index in [0.29, 0.717) is 13.0 Å². The Morgan fingerprint density at radius 2 is 2.38 bits per heavy atom. The van der Waals surface area contributed by atoms with Crippen molar-refractivity contribution in [3.63, 3.8) is 0 Å². The van der Waals surface area contributed by atoms with Crippen LogP contribution in [0, 0.1) is 23.2 Å². The summed E-state index contributed by atoms with van der Waals surface area (Å²) in [5.41, 5.74) is 0.365. The Labute approximate surface area is 148 Å². The molecule has 2 aromatic heterocycles. The van der Waals surface area contributed by atoms with Gasteiger partial charge in [-0.15, -0.1) is 0 Å². The molecule has 0 unspecified atom stereocenters. The van der Waals surface area contributed by atoms with Crippen molar-refractivity contribution >= 4 is 11.7 Å². The summed E-state index contributed by atoms with van der Waals surface area (Å²) in [7, 11) is 1.34. The number of hydrogen-bond donors (Lipinski definition) is 1. The molecule has 1 fully saturated rings. The first kappa shape index (κ1) is 17.6. The van der Waals surface area contributed by atoms with Crippen LogP contribution in [0.2, 0.25) is 0 Å². The van der Waals surface area contributed by atoms with E-state index in [-0.39, 0.29) is 23.7 Å². The van der Waals surface area contributed by atoms with Crippen LogP contribution in [0.15, 0.2) is 24.5 Å². The lowest BCUT2D eigenvalue weighted by Gasteiger charge is -2.36. The molecule has 1 aliphatic heterocycles. The minimum atomic E-state index is -0.811. The highest BCUT2D eigenvalue weighted by atomic mass is 19.1. The van der Waals surface area contributed by atoms with Crippen molar-refractivity contribution in [3.8, 4) is 11.9 Å². The SMILES string of the molecule is COc1cc(N(OC(=O)c2cn[nH]c2)[C@H]2COCC[C@@H]2C#N)cc(F)n1. The van der Waals surface area contributed by atoms with E-state index in [1.54, 1.807) is 0 Å². The van der Waals surface area contributed by atoms with Crippen LogP contribution in [0.4, 0.5) is 10.1 Å². The molecule has 1 N–H and O–H groups in total. The Morgan fingerprint density at radius 3 is 3.08 bits per heavy atom. The number of nitrogens with one attached hydrogen (secondary N) is 1. The van der Waals surface area contributed by atoms with Crippen LogP contribution in [0.3, 0.4) is 0 Å². The Kier molecular flexibility index (Phi) is 5.28. The number of aromatic nitrogens is 3. The van der Waals surface area contributed by atoms with E-state index in [0.717, 1.165) is 6.07 Å². The minimum absolute atomic E-state index is 0.00888. The summed E-state index contributed by atoms with van der Waals surface area (Å²) in [6.07, 6.45) is 3.13. The predicted molar refractivity (Wildman–Crippen MR) is 85.6 cm³/mol. The van der Waals surface area contributed by atoms with Gasteiger partial charge in [0.05, 0.1) is 43.2 Å². The molecule has 3 heterocycles. The molecule has 2 aromatic rings. The molecule has 136 valence electrons. The first-order valence-electron chi connectivity index (χ1n) is 7.81. The Hall–Kier alpha value is -3.19. The normalized spacial score (nSPS) is 19.4. The molecule has 0 spiro atoms. The fourth-order valence-corrected chi connectivity index (χ4v) is 2.61. The van der Waals surface area contributed by atoms with Gasteiger partial charge in [-0.2, -0.15) is 24.8 Å². The lowest BCUT2D eigenvalue weighted by molar-refractivity contribution is 0.00580. The minimum Gasteiger partial charge on any atom is -0.481 e. The number of nitrogens with zero attached hydrogens (tertiary/aromatic N) is 4. The molecule has 0 aliphatic carbocycles. The zero-order valence-corrected chi connectivity index (χ0v) is 13.9. The van der Waals surface area contributed by atoms with Gasteiger partial charge in [-0.3, -0.25) is 5.10 Å². The van der Waals surface area contributed by atoms with Crippen LogP contribution < -0.4 is 9.80 Å². The van der Waals surface area contributed by atoms with Crippen molar-refractivity contribution in [2.75, 3.05) is 25.4 Å². The monoisotopic (exact) mass is 361 g/mol. The highest BCUT2D eigenvalue weighted by molar-refractivity contribution is 5.89. The molecular formula is C16H16FN5O4. The largest absolute Gasteiger partial charge is 0.481 e. The molecule has 2 atom stereocenters. The lowest BCUT2D eigenvalue weighted by atomic mass is 9.96. The van der Waals surface area contributed by atoms with E-state index < -0.39 is 23.9 Å². The van der Waals surface area contributed by atoms with Gasteiger partial charge < -0.3 is 14.3 Å². The van der Waals surface area contributed by atoms with E-state index >= 15 is 0 Å². The van der Waals surface area contributed by atoms with Crippen molar-refractivity contribution in [3.05, 3.63) is 36.0 Å². The van der Waals surface area contributed by atoms with Gasteiger partial charge in [0, 0.05) is 24.9 Å². The number of nitriles is 1. The summed E-state index contributed by atoms with van der Waals surface area (Å²) < 4.78 is 24.3. The van der Waals surface area contributed by atoms with Crippen LogP contribution in [0.1, 0.15) is 16.8 Å². The molecule has 3 rings (SSSR count).